The van der Waals surface area contributed by atoms with Crippen molar-refractivity contribution in [1.82, 2.24) is 14.8 Å². The van der Waals surface area contributed by atoms with E-state index in [2.05, 4.69) is 10.2 Å². The molecule has 18 heavy (non-hydrogen) atoms. The summed E-state index contributed by atoms with van der Waals surface area (Å²) >= 11 is 0. The van der Waals surface area contributed by atoms with Crippen LogP contribution in [0, 0.1) is 0 Å². The zero-order valence-electron chi connectivity index (χ0n) is 9.74. The molecule has 1 N–H and O–H groups in total. The number of hydrogen-bond acceptors (Lipinski definition) is 4. The third-order valence-electron chi connectivity index (χ3n) is 3.25. The Kier molecular flexibility index (Phi) is 2.62. The summed E-state index contributed by atoms with van der Waals surface area (Å²) in [4.78, 5) is 10.7. The largest absolute Gasteiger partial charge is 0.480 e. The first-order valence-corrected chi connectivity index (χ1v) is 5.95. The maximum atomic E-state index is 10.7. The minimum absolute atomic E-state index is 0.108. The first kappa shape index (κ1) is 11.0. The van der Waals surface area contributed by atoms with Gasteiger partial charge in [0.1, 0.15) is 12.2 Å². The van der Waals surface area contributed by atoms with Gasteiger partial charge in [-0.05, 0) is 25.0 Å². The molecule has 1 aliphatic rings. The van der Waals surface area contributed by atoms with Crippen molar-refractivity contribution in [2.75, 3.05) is 0 Å². The standard InChI is InChI=1S/C12H13N3O3/c16-10(17)7-15-6-2-5-9(15)12-14-13-11(18-12)8-3-1-4-8/h2,5-6,8H,1,3-4,7H2,(H,16,17). The SMILES string of the molecule is O=C(O)Cn1cccc1-c1nnc(C2CCC2)o1. The number of hydrogen-bond donors (Lipinski definition) is 1. The number of carbonyl (C=O) groups is 1. The van der Waals surface area contributed by atoms with Gasteiger partial charge in [0.25, 0.3) is 5.89 Å². The number of aromatic nitrogens is 3. The summed E-state index contributed by atoms with van der Waals surface area (Å²) in [7, 11) is 0. The second-order valence-electron chi connectivity index (χ2n) is 4.49. The Bertz CT molecular complexity index is 569. The van der Waals surface area contributed by atoms with Gasteiger partial charge >= 0.3 is 5.97 Å². The van der Waals surface area contributed by atoms with Crippen molar-refractivity contribution in [3.63, 3.8) is 0 Å². The molecule has 2 aromatic heterocycles. The lowest BCUT2D eigenvalue weighted by molar-refractivity contribution is -0.137. The number of nitrogens with zero attached hydrogens (tertiary/aromatic N) is 3. The van der Waals surface area contributed by atoms with Crippen LogP contribution in [0.3, 0.4) is 0 Å². The van der Waals surface area contributed by atoms with Gasteiger partial charge in [0, 0.05) is 12.1 Å². The molecule has 0 atom stereocenters. The molecule has 0 spiro atoms. The van der Waals surface area contributed by atoms with E-state index in [-0.39, 0.29) is 6.54 Å². The van der Waals surface area contributed by atoms with E-state index in [1.807, 2.05) is 0 Å². The van der Waals surface area contributed by atoms with E-state index in [9.17, 15) is 4.79 Å². The molecule has 0 aromatic carbocycles. The second-order valence-corrected chi connectivity index (χ2v) is 4.49. The lowest BCUT2D eigenvalue weighted by atomic mass is 9.85. The van der Waals surface area contributed by atoms with Gasteiger partial charge in [0.05, 0.1) is 0 Å². The molecule has 6 nitrogen and oxygen atoms in total. The van der Waals surface area contributed by atoms with E-state index < -0.39 is 5.97 Å². The van der Waals surface area contributed by atoms with Crippen LogP contribution in [-0.2, 0) is 11.3 Å². The van der Waals surface area contributed by atoms with E-state index in [1.54, 1.807) is 22.9 Å². The van der Waals surface area contributed by atoms with Crippen LogP contribution in [0.15, 0.2) is 22.7 Å². The van der Waals surface area contributed by atoms with Crippen LogP contribution < -0.4 is 0 Å². The van der Waals surface area contributed by atoms with Crippen molar-refractivity contribution in [2.45, 2.75) is 31.7 Å². The third kappa shape index (κ3) is 1.90. The highest BCUT2D eigenvalue weighted by Gasteiger charge is 2.25. The molecule has 3 rings (SSSR count). The average molecular weight is 247 g/mol. The van der Waals surface area contributed by atoms with E-state index in [0.717, 1.165) is 12.8 Å². The summed E-state index contributed by atoms with van der Waals surface area (Å²) < 4.78 is 7.20. The summed E-state index contributed by atoms with van der Waals surface area (Å²) in [6, 6.07) is 3.55. The topological polar surface area (TPSA) is 81.1 Å². The summed E-state index contributed by atoms with van der Waals surface area (Å²) in [5.41, 5.74) is 0.649. The molecule has 1 fully saturated rings. The molecule has 0 amide bonds. The Labute approximate surface area is 103 Å². The van der Waals surface area contributed by atoms with Gasteiger partial charge in [-0.3, -0.25) is 4.79 Å². The number of carboxylic acids is 1. The molecule has 1 saturated carbocycles. The van der Waals surface area contributed by atoms with Crippen molar-refractivity contribution in [3.8, 4) is 11.6 Å². The molecule has 0 radical (unpaired) electrons. The molecule has 1 aliphatic carbocycles. The minimum Gasteiger partial charge on any atom is -0.480 e. The van der Waals surface area contributed by atoms with Crippen LogP contribution in [0.4, 0.5) is 0 Å². The Balaban J connectivity index is 1.87. The van der Waals surface area contributed by atoms with Gasteiger partial charge in [0.2, 0.25) is 5.89 Å². The first-order valence-electron chi connectivity index (χ1n) is 5.95. The zero-order chi connectivity index (χ0) is 12.5. The Hall–Kier alpha value is -2.11. The predicted molar refractivity (Wildman–Crippen MR) is 62.0 cm³/mol. The summed E-state index contributed by atoms with van der Waals surface area (Å²) in [6.45, 7) is -0.108. The Morgan fingerprint density at radius 1 is 1.50 bits per heavy atom. The van der Waals surface area contributed by atoms with Gasteiger partial charge in [-0.25, -0.2) is 0 Å². The Morgan fingerprint density at radius 3 is 3.00 bits per heavy atom. The van der Waals surface area contributed by atoms with Crippen LogP contribution in [0.25, 0.3) is 11.6 Å². The lowest BCUT2D eigenvalue weighted by Crippen LogP contribution is -2.09. The van der Waals surface area contributed by atoms with Crippen molar-refractivity contribution in [1.29, 1.82) is 0 Å². The van der Waals surface area contributed by atoms with Gasteiger partial charge < -0.3 is 14.1 Å². The maximum Gasteiger partial charge on any atom is 0.323 e. The molecule has 2 aromatic rings. The van der Waals surface area contributed by atoms with Crippen molar-refractivity contribution in [2.24, 2.45) is 0 Å². The Morgan fingerprint density at radius 2 is 2.33 bits per heavy atom. The highest BCUT2D eigenvalue weighted by atomic mass is 16.4. The fourth-order valence-corrected chi connectivity index (χ4v) is 2.05. The third-order valence-corrected chi connectivity index (χ3v) is 3.25. The summed E-state index contributed by atoms with van der Waals surface area (Å²) in [5, 5.41) is 16.8. The number of aliphatic carboxylic acids is 1. The number of carboxylic acid groups (broad SMARTS) is 1. The zero-order valence-corrected chi connectivity index (χ0v) is 9.74. The molecule has 94 valence electrons. The number of rotatable bonds is 4. The fourth-order valence-electron chi connectivity index (χ4n) is 2.05. The van der Waals surface area contributed by atoms with Crippen LogP contribution >= 0.6 is 0 Å². The molecular formula is C12H13N3O3. The minimum atomic E-state index is -0.897. The lowest BCUT2D eigenvalue weighted by Gasteiger charge is -2.20. The van der Waals surface area contributed by atoms with Crippen molar-refractivity contribution >= 4 is 5.97 Å². The van der Waals surface area contributed by atoms with Gasteiger partial charge in [-0.15, -0.1) is 10.2 Å². The molecular weight excluding hydrogens is 234 g/mol. The molecule has 0 unspecified atom stereocenters. The molecule has 0 bridgehead atoms. The van der Waals surface area contributed by atoms with Gasteiger partial charge in [-0.1, -0.05) is 6.42 Å². The van der Waals surface area contributed by atoms with E-state index in [1.165, 1.54) is 6.42 Å². The molecule has 2 heterocycles. The summed E-state index contributed by atoms with van der Waals surface area (Å²) in [6.07, 6.45) is 5.09. The van der Waals surface area contributed by atoms with E-state index >= 15 is 0 Å². The molecule has 0 aliphatic heterocycles. The van der Waals surface area contributed by atoms with Crippen molar-refractivity contribution in [3.05, 3.63) is 24.2 Å². The van der Waals surface area contributed by atoms with Crippen LogP contribution in [0.5, 0.6) is 0 Å². The van der Waals surface area contributed by atoms with E-state index in [0.29, 0.717) is 23.4 Å². The van der Waals surface area contributed by atoms with Gasteiger partial charge in [0.15, 0.2) is 0 Å². The van der Waals surface area contributed by atoms with E-state index in [4.69, 9.17) is 9.52 Å². The molecule has 6 heteroatoms. The highest BCUT2D eigenvalue weighted by Crippen LogP contribution is 2.36. The van der Waals surface area contributed by atoms with Crippen LogP contribution in [0.2, 0.25) is 0 Å². The van der Waals surface area contributed by atoms with Crippen molar-refractivity contribution < 1.29 is 14.3 Å². The predicted octanol–water partition coefficient (Wildman–Crippen LogP) is 1.89. The quantitative estimate of drug-likeness (QED) is 0.892. The fraction of sp³-hybridized carbons (Fsp3) is 0.417. The normalized spacial score (nSPS) is 15.6. The average Bonchev–Trinajstić information content (AvgIpc) is 2.83. The smallest absolute Gasteiger partial charge is 0.323 e. The van der Waals surface area contributed by atoms with Gasteiger partial charge in [-0.2, -0.15) is 0 Å². The highest BCUT2D eigenvalue weighted by molar-refractivity contribution is 5.67. The first-order chi connectivity index (χ1) is 8.74. The van der Waals surface area contributed by atoms with Crippen LogP contribution in [-0.4, -0.2) is 25.8 Å². The summed E-state index contributed by atoms with van der Waals surface area (Å²) in [5.74, 6) is 0.544. The molecule has 0 saturated heterocycles. The monoisotopic (exact) mass is 247 g/mol. The van der Waals surface area contributed by atoms with Crippen LogP contribution in [0.1, 0.15) is 31.1 Å². The maximum absolute atomic E-state index is 10.7. The second kappa shape index (κ2) is 4.29.